The fraction of sp³-hybridized carbons (Fsp3) is 0.350. The maximum Gasteiger partial charge on any atom is 0.244 e. The van der Waals surface area contributed by atoms with E-state index >= 15 is 0 Å². The van der Waals surface area contributed by atoms with Gasteiger partial charge in [0, 0.05) is 24.7 Å². The van der Waals surface area contributed by atoms with Crippen LogP contribution in [0.4, 0.5) is 0 Å². The second-order valence-corrected chi connectivity index (χ2v) is 6.62. The van der Waals surface area contributed by atoms with E-state index in [1.807, 2.05) is 42.2 Å². The van der Waals surface area contributed by atoms with Crippen LogP contribution in [0.3, 0.4) is 0 Å². The highest BCUT2D eigenvalue weighted by Gasteiger charge is 2.21. The van der Waals surface area contributed by atoms with Crippen molar-refractivity contribution >= 4 is 16.9 Å². The summed E-state index contributed by atoms with van der Waals surface area (Å²) in [6, 6.07) is 9.93. The first-order valence-corrected chi connectivity index (χ1v) is 8.91. The summed E-state index contributed by atoms with van der Waals surface area (Å²) in [5.74, 6) is 0.936. The van der Waals surface area contributed by atoms with E-state index in [1.165, 1.54) is 0 Å². The van der Waals surface area contributed by atoms with E-state index in [0.29, 0.717) is 0 Å². The van der Waals surface area contributed by atoms with Gasteiger partial charge in [0.15, 0.2) is 5.65 Å². The fourth-order valence-corrected chi connectivity index (χ4v) is 3.60. The Kier molecular flexibility index (Phi) is 4.32. The third kappa shape index (κ3) is 2.92. The Hall–Kier alpha value is -2.89. The van der Waals surface area contributed by atoms with Crippen molar-refractivity contribution in [3.63, 3.8) is 0 Å². The smallest absolute Gasteiger partial charge is 0.244 e. The van der Waals surface area contributed by atoms with Crippen LogP contribution in [0.2, 0.25) is 0 Å². The van der Waals surface area contributed by atoms with E-state index in [1.54, 1.807) is 18.0 Å². The molecule has 1 aliphatic heterocycles. The molecule has 1 aromatic carbocycles. The summed E-state index contributed by atoms with van der Waals surface area (Å²) in [6.07, 6.45) is 3.95. The molecule has 134 valence electrons. The van der Waals surface area contributed by atoms with Crippen molar-refractivity contribution in [1.82, 2.24) is 19.7 Å². The zero-order valence-electron chi connectivity index (χ0n) is 15.1. The zero-order chi connectivity index (χ0) is 18.1. The van der Waals surface area contributed by atoms with Crippen molar-refractivity contribution in [3.05, 3.63) is 42.2 Å². The third-order valence-corrected chi connectivity index (χ3v) is 4.95. The van der Waals surface area contributed by atoms with Crippen LogP contribution in [0.25, 0.3) is 22.2 Å². The number of rotatable bonds is 4. The Balaban J connectivity index is 1.72. The Morgan fingerprint density at radius 2 is 1.88 bits per heavy atom. The number of likely N-dealkylation sites (tertiary alicyclic amines) is 1. The molecule has 0 aliphatic carbocycles. The molecule has 0 saturated carbocycles. The molecule has 0 bridgehead atoms. The van der Waals surface area contributed by atoms with E-state index in [0.717, 1.165) is 59.5 Å². The van der Waals surface area contributed by atoms with Crippen LogP contribution in [0.5, 0.6) is 5.75 Å². The van der Waals surface area contributed by atoms with Gasteiger partial charge in [-0.05, 0) is 49.1 Å². The maximum absolute atomic E-state index is 12.5. The lowest BCUT2D eigenvalue weighted by atomic mass is 10.0. The lowest BCUT2D eigenvalue weighted by Crippen LogP contribution is -2.31. The average Bonchev–Trinajstić information content (AvgIpc) is 3.31. The third-order valence-electron chi connectivity index (χ3n) is 4.95. The van der Waals surface area contributed by atoms with Gasteiger partial charge in [-0.1, -0.05) is 12.1 Å². The molecule has 26 heavy (non-hydrogen) atoms. The van der Waals surface area contributed by atoms with Gasteiger partial charge in [0.25, 0.3) is 0 Å². The summed E-state index contributed by atoms with van der Waals surface area (Å²) < 4.78 is 6.98. The Morgan fingerprint density at radius 1 is 1.15 bits per heavy atom. The van der Waals surface area contributed by atoms with Crippen LogP contribution in [0.1, 0.15) is 18.5 Å². The van der Waals surface area contributed by atoms with Gasteiger partial charge in [-0.3, -0.25) is 4.79 Å². The largest absolute Gasteiger partial charge is 0.497 e. The molecule has 3 heterocycles. The van der Waals surface area contributed by atoms with E-state index in [-0.39, 0.29) is 12.5 Å². The second kappa shape index (κ2) is 6.78. The van der Waals surface area contributed by atoms with E-state index in [4.69, 9.17) is 4.74 Å². The SMILES string of the molecule is COc1ccc(-c2ccnc3c2c(C)nn3CC(=O)N2CCCC2)cc1. The van der Waals surface area contributed by atoms with Crippen LogP contribution in [0, 0.1) is 6.92 Å². The minimum Gasteiger partial charge on any atom is -0.497 e. The number of hydrogen-bond acceptors (Lipinski definition) is 4. The number of hydrogen-bond donors (Lipinski definition) is 0. The highest BCUT2D eigenvalue weighted by molar-refractivity contribution is 5.95. The number of pyridine rings is 1. The molecular formula is C20H22N4O2. The molecule has 6 nitrogen and oxygen atoms in total. The number of aryl methyl sites for hydroxylation is 1. The van der Waals surface area contributed by atoms with Crippen molar-refractivity contribution in [2.45, 2.75) is 26.3 Å². The molecular weight excluding hydrogens is 328 g/mol. The van der Waals surface area contributed by atoms with Crippen LogP contribution in [0.15, 0.2) is 36.5 Å². The molecule has 3 aromatic rings. The minimum absolute atomic E-state index is 0.114. The molecule has 1 fully saturated rings. The average molecular weight is 350 g/mol. The lowest BCUT2D eigenvalue weighted by Gasteiger charge is -2.15. The number of benzene rings is 1. The molecule has 0 N–H and O–H groups in total. The summed E-state index contributed by atoms with van der Waals surface area (Å²) >= 11 is 0. The van der Waals surface area contributed by atoms with Crippen LogP contribution in [-0.2, 0) is 11.3 Å². The molecule has 0 radical (unpaired) electrons. The van der Waals surface area contributed by atoms with Gasteiger partial charge >= 0.3 is 0 Å². The van der Waals surface area contributed by atoms with Gasteiger partial charge in [0.05, 0.1) is 12.8 Å². The molecule has 0 atom stereocenters. The molecule has 4 rings (SSSR count). The summed E-state index contributed by atoms with van der Waals surface area (Å²) in [7, 11) is 1.66. The highest BCUT2D eigenvalue weighted by atomic mass is 16.5. The quantitative estimate of drug-likeness (QED) is 0.726. The van der Waals surface area contributed by atoms with Crippen molar-refractivity contribution in [1.29, 1.82) is 0 Å². The standard InChI is InChI=1S/C20H22N4O2/c1-14-19-17(15-5-7-16(26-2)8-6-15)9-10-21-20(19)24(22-14)13-18(25)23-11-3-4-12-23/h5-10H,3-4,11-13H2,1-2H3. The number of nitrogens with zero attached hydrogens (tertiary/aromatic N) is 4. The summed E-state index contributed by atoms with van der Waals surface area (Å²) in [6.45, 7) is 3.90. The number of amides is 1. The monoisotopic (exact) mass is 350 g/mol. The number of fused-ring (bicyclic) bond motifs is 1. The number of carbonyl (C=O) groups excluding carboxylic acids is 1. The molecule has 2 aromatic heterocycles. The summed E-state index contributed by atoms with van der Waals surface area (Å²) in [5, 5.41) is 5.60. The van der Waals surface area contributed by atoms with Crippen molar-refractivity contribution in [2.24, 2.45) is 0 Å². The first-order valence-electron chi connectivity index (χ1n) is 8.91. The molecule has 0 unspecified atom stereocenters. The molecule has 6 heteroatoms. The van der Waals surface area contributed by atoms with Crippen LogP contribution < -0.4 is 4.74 Å². The van der Waals surface area contributed by atoms with Gasteiger partial charge in [0.1, 0.15) is 12.3 Å². The normalized spacial score (nSPS) is 14.2. The van der Waals surface area contributed by atoms with E-state index in [2.05, 4.69) is 10.1 Å². The van der Waals surface area contributed by atoms with E-state index in [9.17, 15) is 4.79 Å². The lowest BCUT2D eigenvalue weighted by molar-refractivity contribution is -0.130. The predicted molar refractivity (Wildman–Crippen MR) is 100 cm³/mol. The molecule has 1 amide bonds. The van der Waals surface area contributed by atoms with Crippen molar-refractivity contribution in [2.75, 3.05) is 20.2 Å². The molecule has 0 spiro atoms. The number of methoxy groups -OCH3 is 1. The minimum atomic E-state index is 0.114. The first kappa shape index (κ1) is 16.6. The Morgan fingerprint density at radius 3 is 2.58 bits per heavy atom. The maximum atomic E-state index is 12.5. The Bertz CT molecular complexity index is 940. The molecule has 1 aliphatic rings. The number of carbonyl (C=O) groups is 1. The zero-order valence-corrected chi connectivity index (χ0v) is 15.1. The van der Waals surface area contributed by atoms with Crippen molar-refractivity contribution in [3.8, 4) is 16.9 Å². The summed E-state index contributed by atoms with van der Waals surface area (Å²) in [5.41, 5.74) is 3.78. The van der Waals surface area contributed by atoms with Crippen LogP contribution >= 0.6 is 0 Å². The van der Waals surface area contributed by atoms with Crippen LogP contribution in [-0.4, -0.2) is 45.8 Å². The van der Waals surface area contributed by atoms with Gasteiger partial charge in [0.2, 0.25) is 5.91 Å². The van der Waals surface area contributed by atoms with Gasteiger partial charge < -0.3 is 9.64 Å². The predicted octanol–water partition coefficient (Wildman–Crippen LogP) is 3.04. The van der Waals surface area contributed by atoms with E-state index < -0.39 is 0 Å². The molecule has 1 saturated heterocycles. The summed E-state index contributed by atoms with van der Waals surface area (Å²) in [4.78, 5) is 18.9. The second-order valence-electron chi connectivity index (χ2n) is 6.62. The fourth-order valence-electron chi connectivity index (χ4n) is 3.60. The topological polar surface area (TPSA) is 60.3 Å². The number of aromatic nitrogens is 3. The first-order chi connectivity index (χ1) is 12.7. The number of ether oxygens (including phenoxy) is 1. The van der Waals surface area contributed by atoms with Gasteiger partial charge in [-0.2, -0.15) is 5.10 Å². The Labute approximate surface area is 152 Å². The van der Waals surface area contributed by atoms with Gasteiger partial charge in [-0.15, -0.1) is 0 Å². The van der Waals surface area contributed by atoms with Gasteiger partial charge in [-0.25, -0.2) is 9.67 Å². The van der Waals surface area contributed by atoms with Crippen molar-refractivity contribution < 1.29 is 9.53 Å². The highest BCUT2D eigenvalue weighted by Crippen LogP contribution is 2.31.